The molecule has 0 aliphatic carbocycles. The summed E-state index contributed by atoms with van der Waals surface area (Å²) < 4.78 is 20.0. The van der Waals surface area contributed by atoms with Crippen molar-refractivity contribution in [3.05, 3.63) is 65.6 Å². The second-order valence-corrected chi connectivity index (χ2v) is 12.0. The van der Waals surface area contributed by atoms with Crippen LogP contribution in [0, 0.1) is 6.92 Å². The molecule has 0 N–H and O–H groups in total. The number of piperazine rings is 1. The summed E-state index contributed by atoms with van der Waals surface area (Å²) in [6.07, 6.45) is 4.07. The van der Waals surface area contributed by atoms with Gasteiger partial charge in [-0.25, -0.2) is 4.39 Å². The summed E-state index contributed by atoms with van der Waals surface area (Å²) in [5.41, 5.74) is 4.58. The largest absolute Gasteiger partial charge is 0.461 e. The lowest BCUT2D eigenvalue weighted by Gasteiger charge is -2.38. The van der Waals surface area contributed by atoms with Crippen molar-refractivity contribution < 1.29 is 13.9 Å². The van der Waals surface area contributed by atoms with E-state index in [1.54, 1.807) is 0 Å². The summed E-state index contributed by atoms with van der Waals surface area (Å²) in [7, 11) is 2.18. The molecule has 1 unspecified atom stereocenters. The highest BCUT2D eigenvalue weighted by Crippen LogP contribution is 2.36. The van der Waals surface area contributed by atoms with Crippen LogP contribution in [0.25, 0.3) is 10.8 Å². The molecule has 2 fully saturated rings. The third kappa shape index (κ3) is 5.19. The van der Waals surface area contributed by atoms with Gasteiger partial charge >= 0.3 is 6.01 Å². The highest BCUT2D eigenvalue weighted by molar-refractivity contribution is 5.97. The first-order chi connectivity index (χ1) is 20.3. The fraction of sp³-hybridized carbons (Fsp3) is 0.485. The second-order valence-electron chi connectivity index (χ2n) is 12.0. The molecule has 42 heavy (non-hydrogen) atoms. The molecule has 0 saturated carbocycles. The van der Waals surface area contributed by atoms with Crippen LogP contribution < -0.4 is 14.5 Å². The predicted octanol–water partition coefficient (Wildman–Crippen LogP) is 4.89. The van der Waals surface area contributed by atoms with Crippen LogP contribution in [-0.4, -0.2) is 84.1 Å². The van der Waals surface area contributed by atoms with Gasteiger partial charge in [0, 0.05) is 49.4 Å². The Bertz CT molecular complexity index is 1500. The van der Waals surface area contributed by atoms with E-state index in [1.807, 2.05) is 0 Å². The van der Waals surface area contributed by atoms with Crippen molar-refractivity contribution in [1.29, 1.82) is 0 Å². The minimum absolute atomic E-state index is 0.00725. The molecule has 4 heterocycles. The summed E-state index contributed by atoms with van der Waals surface area (Å²) in [5, 5.41) is 2.51. The number of rotatable bonds is 7. The summed E-state index contributed by atoms with van der Waals surface area (Å²) in [6.45, 7) is 12.7. The number of anilines is 2. The number of amides is 1. The zero-order valence-corrected chi connectivity index (χ0v) is 25.0. The Balaban J connectivity index is 1.32. The molecular formula is C33H41FN6O2. The third-order valence-corrected chi connectivity index (χ3v) is 9.63. The van der Waals surface area contributed by atoms with Gasteiger partial charge in [-0.3, -0.25) is 9.69 Å². The van der Waals surface area contributed by atoms with E-state index in [2.05, 4.69) is 78.6 Å². The van der Waals surface area contributed by atoms with Crippen LogP contribution in [0.2, 0.25) is 0 Å². The number of likely N-dealkylation sites (tertiary alicyclic amines) is 1. The Hall–Kier alpha value is -3.72. The maximum absolute atomic E-state index is 13.5. The van der Waals surface area contributed by atoms with Crippen molar-refractivity contribution in [2.24, 2.45) is 0 Å². The van der Waals surface area contributed by atoms with Gasteiger partial charge in [0.2, 0.25) is 0 Å². The number of hydrogen-bond donors (Lipinski definition) is 0. The molecule has 6 rings (SSSR count). The molecule has 1 aromatic heterocycles. The fourth-order valence-corrected chi connectivity index (χ4v) is 6.99. The first-order valence-corrected chi connectivity index (χ1v) is 15.2. The van der Waals surface area contributed by atoms with E-state index in [0.29, 0.717) is 45.3 Å². The van der Waals surface area contributed by atoms with E-state index in [1.165, 1.54) is 26.9 Å². The number of likely N-dealkylation sites (N-methyl/N-ethyl adjacent to an activating group) is 1. The van der Waals surface area contributed by atoms with Gasteiger partial charge < -0.3 is 19.4 Å². The summed E-state index contributed by atoms with van der Waals surface area (Å²) >= 11 is 0. The highest BCUT2D eigenvalue weighted by atomic mass is 19.1. The Morgan fingerprint density at radius 2 is 1.81 bits per heavy atom. The minimum atomic E-state index is -0.913. The average molecular weight is 573 g/mol. The van der Waals surface area contributed by atoms with Gasteiger partial charge in [-0.05, 0) is 63.2 Å². The molecule has 0 bridgehead atoms. The van der Waals surface area contributed by atoms with Crippen LogP contribution in [0.15, 0.2) is 48.8 Å². The SMILES string of the molecule is C=C(F)C(=O)N1CCN(c2nc(OCC3(CC)CCCN3C)nc3c2CCN(c2cccc4cccc(C)c24)C3)CC1. The number of carbonyl (C=O) groups is 1. The van der Waals surface area contributed by atoms with Gasteiger partial charge in [-0.1, -0.05) is 43.8 Å². The van der Waals surface area contributed by atoms with E-state index in [0.717, 1.165) is 55.8 Å². The van der Waals surface area contributed by atoms with Crippen molar-refractivity contribution in [3.8, 4) is 6.01 Å². The molecule has 9 heteroatoms. The Morgan fingerprint density at radius 3 is 2.50 bits per heavy atom. The molecular weight excluding hydrogens is 531 g/mol. The van der Waals surface area contributed by atoms with E-state index in [9.17, 15) is 9.18 Å². The van der Waals surface area contributed by atoms with Gasteiger partial charge in [0.15, 0.2) is 5.83 Å². The van der Waals surface area contributed by atoms with E-state index < -0.39 is 11.7 Å². The van der Waals surface area contributed by atoms with Crippen molar-refractivity contribution in [3.63, 3.8) is 0 Å². The van der Waals surface area contributed by atoms with E-state index in [-0.39, 0.29) is 5.54 Å². The van der Waals surface area contributed by atoms with Crippen molar-refractivity contribution in [2.75, 3.05) is 62.7 Å². The van der Waals surface area contributed by atoms with Crippen LogP contribution in [0.1, 0.15) is 43.0 Å². The molecule has 1 atom stereocenters. The maximum Gasteiger partial charge on any atom is 0.318 e. The van der Waals surface area contributed by atoms with Crippen LogP contribution in [0.4, 0.5) is 15.9 Å². The number of fused-ring (bicyclic) bond motifs is 2. The molecule has 0 radical (unpaired) electrons. The minimum Gasteiger partial charge on any atom is -0.461 e. The molecule has 3 aromatic rings. The van der Waals surface area contributed by atoms with E-state index in [4.69, 9.17) is 14.7 Å². The van der Waals surface area contributed by atoms with Crippen LogP contribution in [0.5, 0.6) is 6.01 Å². The van der Waals surface area contributed by atoms with Crippen LogP contribution in [-0.2, 0) is 17.8 Å². The molecule has 1 amide bonds. The number of aryl methyl sites for hydroxylation is 1. The summed E-state index contributed by atoms with van der Waals surface area (Å²) in [6, 6.07) is 13.4. The first-order valence-electron chi connectivity index (χ1n) is 15.2. The Morgan fingerprint density at radius 1 is 1.05 bits per heavy atom. The molecule has 8 nitrogen and oxygen atoms in total. The number of hydrogen-bond acceptors (Lipinski definition) is 7. The topological polar surface area (TPSA) is 65.0 Å². The highest BCUT2D eigenvalue weighted by Gasteiger charge is 2.38. The Kier molecular flexibility index (Phi) is 7.79. The van der Waals surface area contributed by atoms with E-state index >= 15 is 0 Å². The average Bonchev–Trinajstić information content (AvgIpc) is 3.39. The maximum atomic E-state index is 13.5. The normalized spacial score (nSPS) is 21.1. The Labute approximate surface area is 247 Å². The van der Waals surface area contributed by atoms with Gasteiger partial charge in [-0.2, -0.15) is 9.97 Å². The molecule has 2 aromatic carbocycles. The quantitative estimate of drug-likeness (QED) is 0.374. The number of nitrogens with zero attached hydrogens (tertiary/aromatic N) is 6. The molecule has 0 spiro atoms. The van der Waals surface area contributed by atoms with Crippen LogP contribution in [0.3, 0.4) is 0 Å². The lowest BCUT2D eigenvalue weighted by molar-refractivity contribution is -0.128. The van der Waals surface area contributed by atoms with Gasteiger partial charge in [0.05, 0.1) is 17.8 Å². The number of benzene rings is 2. The van der Waals surface area contributed by atoms with Crippen molar-refractivity contribution in [1.82, 2.24) is 19.8 Å². The monoisotopic (exact) mass is 572 g/mol. The molecule has 2 saturated heterocycles. The molecule has 222 valence electrons. The van der Waals surface area contributed by atoms with Gasteiger partial charge in [0.1, 0.15) is 12.4 Å². The van der Waals surface area contributed by atoms with Crippen LogP contribution >= 0.6 is 0 Å². The zero-order valence-electron chi connectivity index (χ0n) is 25.0. The summed E-state index contributed by atoms with van der Waals surface area (Å²) in [5.74, 6) is -0.667. The lowest BCUT2D eigenvalue weighted by Crippen LogP contribution is -2.49. The number of carbonyl (C=O) groups excluding carboxylic acids is 1. The standard InChI is InChI=1S/C33H41FN6O2/c1-5-33(14-8-15-37(33)4)22-42-32-35-27-21-40(28-12-7-11-25-10-6-9-23(2)29(25)28)16-13-26(27)30(36-32)38-17-19-39(20-18-38)31(41)24(3)34/h6-7,9-12H,3,5,8,13-22H2,1-2,4H3. The zero-order chi connectivity index (χ0) is 29.4. The first kappa shape index (κ1) is 28.4. The predicted molar refractivity (Wildman–Crippen MR) is 165 cm³/mol. The smallest absolute Gasteiger partial charge is 0.318 e. The van der Waals surface area contributed by atoms with Gasteiger partial charge in [0.25, 0.3) is 5.91 Å². The van der Waals surface area contributed by atoms with Crippen molar-refractivity contribution in [2.45, 2.75) is 51.6 Å². The lowest BCUT2D eigenvalue weighted by atomic mass is 9.94. The second kappa shape index (κ2) is 11.5. The molecule has 3 aliphatic rings. The third-order valence-electron chi connectivity index (χ3n) is 9.63. The molecule has 3 aliphatic heterocycles. The van der Waals surface area contributed by atoms with Crippen molar-refractivity contribution >= 4 is 28.2 Å². The van der Waals surface area contributed by atoms with Gasteiger partial charge in [-0.15, -0.1) is 0 Å². The summed E-state index contributed by atoms with van der Waals surface area (Å²) in [4.78, 5) is 30.7. The number of aromatic nitrogens is 2. The fourth-order valence-electron chi connectivity index (χ4n) is 6.99. The number of ether oxygens (including phenoxy) is 1. The number of halogens is 1.